The minimum absolute atomic E-state index is 0. The molecule has 0 amide bonds. The van der Waals surface area contributed by atoms with Crippen LogP contribution in [0, 0.1) is 5.92 Å². The van der Waals surface area contributed by atoms with Crippen LogP contribution >= 0.6 is 35.3 Å². The summed E-state index contributed by atoms with van der Waals surface area (Å²) in [6.07, 6.45) is 6.96. The normalized spacial score (nSPS) is 30.1. The molecule has 152 valence electrons. The molecule has 5 nitrogen and oxygen atoms in total. The Morgan fingerprint density at radius 1 is 1.33 bits per heavy atom. The lowest BCUT2D eigenvalue weighted by Crippen LogP contribution is -2.49. The van der Waals surface area contributed by atoms with Crippen LogP contribution < -0.4 is 10.6 Å². The number of nitrogens with one attached hydrogen (secondary N) is 2. The van der Waals surface area contributed by atoms with Gasteiger partial charge in [0.05, 0.1) is 24.3 Å². The fraction of sp³-hybridized carbons (Fsp3) is 0.750. The lowest BCUT2D eigenvalue weighted by Gasteiger charge is -2.36. The highest BCUT2D eigenvalue weighted by atomic mass is 127. The van der Waals surface area contributed by atoms with Gasteiger partial charge in [-0.2, -0.15) is 0 Å². The van der Waals surface area contributed by atoms with Crippen LogP contribution in [0.15, 0.2) is 22.5 Å². The summed E-state index contributed by atoms with van der Waals surface area (Å²) in [4.78, 5) is 8.56. The van der Waals surface area contributed by atoms with Crippen LogP contribution in [-0.4, -0.2) is 55.8 Å². The number of aliphatic imine (C=N–C) groups is 1. The average molecular weight is 504 g/mol. The third kappa shape index (κ3) is 5.16. The number of rotatable bonds is 5. The summed E-state index contributed by atoms with van der Waals surface area (Å²) in [5, 5.41) is 9.40. The molecule has 3 fully saturated rings. The number of hydrogen-bond acceptors (Lipinski definition) is 4. The summed E-state index contributed by atoms with van der Waals surface area (Å²) in [6, 6.07) is 5.28. The summed E-state index contributed by atoms with van der Waals surface area (Å²) in [5.74, 6) is 1.77. The predicted molar refractivity (Wildman–Crippen MR) is 123 cm³/mol. The first-order valence-corrected chi connectivity index (χ1v) is 11.0. The van der Waals surface area contributed by atoms with Crippen molar-refractivity contribution in [1.29, 1.82) is 0 Å². The number of likely N-dealkylation sites (tertiary alicyclic amines) is 1. The first-order valence-electron chi connectivity index (χ1n) is 10.1. The maximum Gasteiger partial charge on any atom is 0.191 e. The molecule has 0 spiro atoms. The van der Waals surface area contributed by atoms with E-state index in [1.165, 1.54) is 43.6 Å². The second kappa shape index (κ2) is 9.89. The van der Waals surface area contributed by atoms with E-state index in [4.69, 9.17) is 4.74 Å². The molecule has 1 aromatic heterocycles. The molecule has 0 saturated carbocycles. The van der Waals surface area contributed by atoms with Crippen LogP contribution in [0.1, 0.15) is 49.9 Å². The largest absolute Gasteiger partial charge is 0.373 e. The van der Waals surface area contributed by atoms with E-state index in [1.54, 1.807) is 0 Å². The van der Waals surface area contributed by atoms with E-state index in [-0.39, 0.29) is 24.0 Å². The molecule has 2 N–H and O–H groups in total. The second-order valence-corrected chi connectivity index (χ2v) is 9.04. The smallest absolute Gasteiger partial charge is 0.191 e. The maximum absolute atomic E-state index is 5.97. The first kappa shape index (κ1) is 21.3. The Hall–Kier alpha value is -0.380. The van der Waals surface area contributed by atoms with Crippen molar-refractivity contribution in [3.05, 3.63) is 22.4 Å². The Balaban J connectivity index is 0.00000210. The number of piperidine rings is 1. The third-order valence-electron chi connectivity index (χ3n) is 6.25. The molecule has 2 bridgehead atoms. The quantitative estimate of drug-likeness (QED) is 0.366. The molecular weight excluding hydrogens is 471 g/mol. The summed E-state index contributed by atoms with van der Waals surface area (Å²) >= 11 is 1.87. The highest BCUT2D eigenvalue weighted by Crippen LogP contribution is 2.34. The summed E-state index contributed by atoms with van der Waals surface area (Å²) < 4.78 is 5.97. The van der Waals surface area contributed by atoms with Crippen LogP contribution in [0.4, 0.5) is 0 Å². The second-order valence-electron chi connectivity index (χ2n) is 8.06. The van der Waals surface area contributed by atoms with Crippen LogP contribution in [0.2, 0.25) is 0 Å². The number of thiophene rings is 1. The Bertz CT molecular complexity index is 603. The fourth-order valence-electron chi connectivity index (χ4n) is 4.58. The highest BCUT2D eigenvalue weighted by Gasteiger charge is 2.41. The summed E-state index contributed by atoms with van der Waals surface area (Å²) in [7, 11) is 1.87. The van der Waals surface area contributed by atoms with Gasteiger partial charge >= 0.3 is 0 Å². The molecule has 4 unspecified atom stereocenters. The average Bonchev–Trinajstić information content (AvgIpc) is 3.40. The Kier molecular flexibility index (Phi) is 7.82. The van der Waals surface area contributed by atoms with Gasteiger partial charge in [0, 0.05) is 18.5 Å². The standard InChI is InChI=1S/C20H32N4OS.HI/c1-14-7-9-24(10-8-14)17(19-4-3-11-26-19)13-22-20(21-2)23-16-12-15-5-6-18(16)25-15;/h3-4,11,14-18H,5-10,12-13H2,1-2H3,(H2,21,22,23);1H. The zero-order valence-electron chi connectivity index (χ0n) is 16.4. The zero-order valence-corrected chi connectivity index (χ0v) is 19.5. The zero-order chi connectivity index (χ0) is 17.9. The fourth-order valence-corrected chi connectivity index (χ4v) is 5.44. The van der Waals surface area contributed by atoms with Gasteiger partial charge in [0.25, 0.3) is 0 Å². The molecule has 7 heteroatoms. The van der Waals surface area contributed by atoms with E-state index in [1.807, 2.05) is 18.4 Å². The van der Waals surface area contributed by atoms with Gasteiger partial charge in [-0.25, -0.2) is 0 Å². The highest BCUT2D eigenvalue weighted by molar-refractivity contribution is 14.0. The molecule has 27 heavy (non-hydrogen) atoms. The van der Waals surface area contributed by atoms with Gasteiger partial charge < -0.3 is 15.4 Å². The lowest BCUT2D eigenvalue weighted by molar-refractivity contribution is 0.0991. The molecule has 0 aliphatic carbocycles. The number of halogens is 1. The number of ether oxygens (including phenoxy) is 1. The van der Waals surface area contributed by atoms with Crippen molar-refractivity contribution >= 4 is 41.3 Å². The van der Waals surface area contributed by atoms with Crippen molar-refractivity contribution in [2.75, 3.05) is 26.7 Å². The van der Waals surface area contributed by atoms with Crippen LogP contribution in [-0.2, 0) is 4.74 Å². The van der Waals surface area contributed by atoms with E-state index in [0.717, 1.165) is 24.8 Å². The molecule has 4 rings (SSSR count). The Labute approximate surface area is 184 Å². The van der Waals surface area contributed by atoms with E-state index in [2.05, 4.69) is 45.0 Å². The summed E-state index contributed by atoms with van der Waals surface area (Å²) in [6.45, 7) is 5.66. The van der Waals surface area contributed by atoms with E-state index >= 15 is 0 Å². The van der Waals surface area contributed by atoms with E-state index < -0.39 is 0 Å². The molecule has 4 heterocycles. The topological polar surface area (TPSA) is 48.9 Å². The van der Waals surface area contributed by atoms with Gasteiger partial charge in [-0.3, -0.25) is 9.89 Å². The van der Waals surface area contributed by atoms with Crippen molar-refractivity contribution in [3.8, 4) is 0 Å². The van der Waals surface area contributed by atoms with Crippen LogP contribution in [0.25, 0.3) is 0 Å². The van der Waals surface area contributed by atoms with Gasteiger partial charge in [-0.15, -0.1) is 35.3 Å². The molecular formula is C20H33IN4OS. The molecule has 3 saturated heterocycles. The summed E-state index contributed by atoms with van der Waals surface area (Å²) in [5.41, 5.74) is 0. The van der Waals surface area contributed by atoms with Gasteiger partial charge in [0.1, 0.15) is 0 Å². The van der Waals surface area contributed by atoms with Crippen LogP contribution in [0.3, 0.4) is 0 Å². The molecule has 0 radical (unpaired) electrons. The number of nitrogens with zero attached hydrogens (tertiary/aromatic N) is 2. The molecule has 4 atom stereocenters. The van der Waals surface area contributed by atoms with Crippen molar-refractivity contribution in [1.82, 2.24) is 15.5 Å². The number of guanidine groups is 1. The first-order chi connectivity index (χ1) is 12.7. The SMILES string of the molecule is CN=C(NCC(c1cccs1)N1CCC(C)CC1)NC1CC2CCC1O2.I. The van der Waals surface area contributed by atoms with Gasteiger partial charge in [0.15, 0.2) is 5.96 Å². The minimum atomic E-state index is 0. The van der Waals surface area contributed by atoms with Crippen molar-refractivity contribution in [2.24, 2.45) is 10.9 Å². The van der Waals surface area contributed by atoms with Crippen molar-refractivity contribution in [3.63, 3.8) is 0 Å². The van der Waals surface area contributed by atoms with Crippen molar-refractivity contribution in [2.45, 2.75) is 63.3 Å². The molecule has 3 aliphatic rings. The van der Waals surface area contributed by atoms with Gasteiger partial charge in [-0.1, -0.05) is 13.0 Å². The van der Waals surface area contributed by atoms with Crippen molar-refractivity contribution < 1.29 is 4.74 Å². The van der Waals surface area contributed by atoms with E-state index in [9.17, 15) is 0 Å². The monoisotopic (exact) mass is 504 g/mol. The Morgan fingerprint density at radius 2 is 2.15 bits per heavy atom. The minimum Gasteiger partial charge on any atom is -0.373 e. The number of hydrogen-bond donors (Lipinski definition) is 2. The molecule has 3 aliphatic heterocycles. The van der Waals surface area contributed by atoms with Gasteiger partial charge in [0.2, 0.25) is 0 Å². The predicted octanol–water partition coefficient (Wildman–Crippen LogP) is 3.62. The maximum atomic E-state index is 5.97. The molecule has 0 aromatic carbocycles. The Morgan fingerprint density at radius 3 is 2.74 bits per heavy atom. The third-order valence-corrected chi connectivity index (χ3v) is 7.22. The number of fused-ring (bicyclic) bond motifs is 2. The lowest BCUT2D eigenvalue weighted by atomic mass is 9.96. The van der Waals surface area contributed by atoms with E-state index in [0.29, 0.717) is 24.3 Å². The van der Waals surface area contributed by atoms with Gasteiger partial charge in [-0.05, 0) is 62.6 Å². The van der Waals surface area contributed by atoms with Crippen LogP contribution in [0.5, 0.6) is 0 Å². The molecule has 1 aromatic rings.